The van der Waals surface area contributed by atoms with Gasteiger partial charge in [0.15, 0.2) is 0 Å². The van der Waals surface area contributed by atoms with Gasteiger partial charge in [-0.15, -0.1) is 11.3 Å². The number of nitrogens with one attached hydrogen (secondary N) is 1. The van der Waals surface area contributed by atoms with Gasteiger partial charge in [-0.3, -0.25) is 0 Å². The zero-order chi connectivity index (χ0) is 13.1. The molecule has 0 radical (unpaired) electrons. The van der Waals surface area contributed by atoms with Gasteiger partial charge in [-0.2, -0.15) is 0 Å². The van der Waals surface area contributed by atoms with E-state index in [0.717, 1.165) is 17.2 Å². The number of hydrogen-bond donors (Lipinski definition) is 1. The smallest absolute Gasteiger partial charge is 0.0900 e. The Kier molecular flexibility index (Phi) is 4.15. The van der Waals surface area contributed by atoms with E-state index < -0.39 is 0 Å². The third-order valence-corrected chi connectivity index (χ3v) is 4.45. The molecular weight excluding hydrogens is 240 g/mol. The molecule has 2 rings (SSSR count). The molecule has 1 N–H and O–H groups in total. The van der Waals surface area contributed by atoms with Crippen molar-refractivity contribution in [3.8, 4) is 0 Å². The topological polar surface area (TPSA) is 24.9 Å². The molecule has 0 saturated heterocycles. The van der Waals surface area contributed by atoms with Crippen molar-refractivity contribution in [3.63, 3.8) is 0 Å². The molecule has 0 spiro atoms. The van der Waals surface area contributed by atoms with Crippen molar-refractivity contribution in [2.24, 2.45) is 0 Å². The number of nitrogens with zero attached hydrogens (tertiary/aromatic N) is 1. The summed E-state index contributed by atoms with van der Waals surface area (Å²) in [6.45, 7) is 9.42. The van der Waals surface area contributed by atoms with Crippen LogP contribution < -0.4 is 5.32 Å². The molecule has 0 amide bonds. The fourth-order valence-corrected chi connectivity index (χ4v) is 3.07. The van der Waals surface area contributed by atoms with E-state index in [-0.39, 0.29) is 0 Å². The summed E-state index contributed by atoms with van der Waals surface area (Å²) < 4.78 is 0. The molecule has 1 aromatic carbocycles. The average Bonchev–Trinajstić information content (AvgIpc) is 2.67. The summed E-state index contributed by atoms with van der Waals surface area (Å²) in [7, 11) is 0. The predicted molar refractivity (Wildman–Crippen MR) is 78.0 cm³/mol. The van der Waals surface area contributed by atoms with Crippen LogP contribution in [-0.4, -0.2) is 4.98 Å². The molecule has 3 heteroatoms. The van der Waals surface area contributed by atoms with E-state index in [1.165, 1.54) is 16.0 Å². The van der Waals surface area contributed by atoms with E-state index >= 15 is 0 Å². The van der Waals surface area contributed by atoms with E-state index in [2.05, 4.69) is 62.3 Å². The van der Waals surface area contributed by atoms with Crippen molar-refractivity contribution in [2.75, 3.05) is 0 Å². The molecule has 0 aliphatic carbocycles. The Bertz CT molecular complexity index is 531. The van der Waals surface area contributed by atoms with Crippen molar-refractivity contribution < 1.29 is 0 Å². The first-order valence-corrected chi connectivity index (χ1v) is 7.11. The summed E-state index contributed by atoms with van der Waals surface area (Å²) in [6.07, 6.45) is 0. The Balaban J connectivity index is 2.03. The molecule has 2 aromatic rings. The summed E-state index contributed by atoms with van der Waals surface area (Å²) >= 11 is 1.79. The van der Waals surface area contributed by atoms with E-state index in [9.17, 15) is 0 Å². The number of thiazole rings is 1. The van der Waals surface area contributed by atoms with Crippen LogP contribution in [-0.2, 0) is 6.54 Å². The number of hydrogen-bond acceptors (Lipinski definition) is 3. The number of rotatable bonds is 4. The second-order valence-electron chi connectivity index (χ2n) is 4.71. The van der Waals surface area contributed by atoms with Crippen molar-refractivity contribution >= 4 is 11.3 Å². The molecule has 0 aliphatic rings. The van der Waals surface area contributed by atoms with Gasteiger partial charge in [0.1, 0.15) is 0 Å². The molecule has 1 aromatic heterocycles. The monoisotopic (exact) mass is 260 g/mol. The van der Waals surface area contributed by atoms with Crippen LogP contribution in [0.25, 0.3) is 0 Å². The van der Waals surface area contributed by atoms with Gasteiger partial charge >= 0.3 is 0 Å². The van der Waals surface area contributed by atoms with Crippen molar-refractivity contribution in [2.45, 2.75) is 40.3 Å². The normalized spacial score (nSPS) is 12.7. The maximum atomic E-state index is 4.48. The highest BCUT2D eigenvalue weighted by atomic mass is 32.1. The summed E-state index contributed by atoms with van der Waals surface area (Å²) in [5, 5.41) is 4.73. The third kappa shape index (κ3) is 2.98. The van der Waals surface area contributed by atoms with Crippen LogP contribution in [0.3, 0.4) is 0 Å². The first kappa shape index (κ1) is 13.2. The first-order valence-electron chi connectivity index (χ1n) is 6.29. The zero-order valence-corrected chi connectivity index (χ0v) is 12.3. The SMILES string of the molecule is Cc1nc(C)c(C(C)NCc2ccccc2C)s1. The Morgan fingerprint density at radius 3 is 2.56 bits per heavy atom. The number of aromatic nitrogens is 1. The fraction of sp³-hybridized carbons (Fsp3) is 0.400. The highest BCUT2D eigenvalue weighted by Gasteiger charge is 2.12. The Morgan fingerprint density at radius 1 is 1.22 bits per heavy atom. The second-order valence-corrected chi connectivity index (χ2v) is 5.95. The van der Waals surface area contributed by atoms with Crippen LogP contribution >= 0.6 is 11.3 Å². The molecule has 18 heavy (non-hydrogen) atoms. The van der Waals surface area contributed by atoms with Gasteiger partial charge in [-0.05, 0) is 38.8 Å². The summed E-state index contributed by atoms with van der Waals surface area (Å²) in [4.78, 5) is 5.83. The minimum Gasteiger partial charge on any atom is -0.305 e. The number of aryl methyl sites for hydroxylation is 3. The van der Waals surface area contributed by atoms with Gasteiger partial charge in [-0.25, -0.2) is 4.98 Å². The van der Waals surface area contributed by atoms with Crippen LogP contribution in [0, 0.1) is 20.8 Å². The summed E-state index contributed by atoms with van der Waals surface area (Å²) in [6, 6.07) is 8.87. The molecule has 96 valence electrons. The Morgan fingerprint density at radius 2 is 1.94 bits per heavy atom. The third-order valence-electron chi connectivity index (χ3n) is 3.19. The minimum absolute atomic E-state index is 0.357. The first-order chi connectivity index (χ1) is 8.58. The maximum absolute atomic E-state index is 4.48. The molecule has 1 heterocycles. The van der Waals surface area contributed by atoms with Gasteiger partial charge < -0.3 is 5.32 Å². The summed E-state index contributed by atoms with van der Waals surface area (Å²) in [5.74, 6) is 0. The van der Waals surface area contributed by atoms with Crippen LogP contribution in [0.5, 0.6) is 0 Å². The standard InChI is InChI=1S/C15H20N2S/c1-10-7-5-6-8-14(10)9-16-11(2)15-12(3)17-13(4)18-15/h5-8,11,16H,9H2,1-4H3. The van der Waals surface area contributed by atoms with E-state index in [4.69, 9.17) is 0 Å². The van der Waals surface area contributed by atoms with Gasteiger partial charge in [0.05, 0.1) is 10.7 Å². The molecule has 2 nitrogen and oxygen atoms in total. The molecule has 0 fully saturated rings. The maximum Gasteiger partial charge on any atom is 0.0900 e. The second kappa shape index (κ2) is 5.63. The summed E-state index contributed by atoms with van der Waals surface area (Å²) in [5.41, 5.74) is 3.86. The molecule has 0 bridgehead atoms. The molecule has 1 unspecified atom stereocenters. The lowest BCUT2D eigenvalue weighted by molar-refractivity contribution is 0.578. The molecular formula is C15H20N2S. The molecule has 1 atom stereocenters. The number of benzene rings is 1. The lowest BCUT2D eigenvalue weighted by Crippen LogP contribution is -2.18. The lowest BCUT2D eigenvalue weighted by atomic mass is 10.1. The highest BCUT2D eigenvalue weighted by Crippen LogP contribution is 2.24. The zero-order valence-electron chi connectivity index (χ0n) is 11.4. The van der Waals surface area contributed by atoms with Crippen LogP contribution in [0.2, 0.25) is 0 Å². The van der Waals surface area contributed by atoms with E-state index in [1.54, 1.807) is 11.3 Å². The molecule has 0 aliphatic heterocycles. The minimum atomic E-state index is 0.357. The van der Waals surface area contributed by atoms with Crippen LogP contribution in [0.15, 0.2) is 24.3 Å². The van der Waals surface area contributed by atoms with E-state index in [1.807, 2.05) is 0 Å². The van der Waals surface area contributed by atoms with Gasteiger partial charge in [0.25, 0.3) is 0 Å². The van der Waals surface area contributed by atoms with E-state index in [0.29, 0.717) is 6.04 Å². The van der Waals surface area contributed by atoms with Crippen molar-refractivity contribution in [1.82, 2.24) is 10.3 Å². The highest BCUT2D eigenvalue weighted by molar-refractivity contribution is 7.11. The van der Waals surface area contributed by atoms with Gasteiger partial charge in [-0.1, -0.05) is 24.3 Å². The predicted octanol–water partition coefficient (Wildman–Crippen LogP) is 3.92. The largest absolute Gasteiger partial charge is 0.305 e. The lowest BCUT2D eigenvalue weighted by Gasteiger charge is -2.14. The van der Waals surface area contributed by atoms with Gasteiger partial charge in [0, 0.05) is 17.5 Å². The van der Waals surface area contributed by atoms with Crippen LogP contribution in [0.4, 0.5) is 0 Å². The molecule has 0 saturated carbocycles. The Hall–Kier alpha value is -1.19. The average molecular weight is 260 g/mol. The quantitative estimate of drug-likeness (QED) is 0.901. The van der Waals surface area contributed by atoms with Crippen LogP contribution in [0.1, 0.15) is 39.7 Å². The van der Waals surface area contributed by atoms with Gasteiger partial charge in [0.2, 0.25) is 0 Å². The van der Waals surface area contributed by atoms with Crippen molar-refractivity contribution in [1.29, 1.82) is 0 Å². The Labute approximate surface area is 113 Å². The van der Waals surface area contributed by atoms with Crippen molar-refractivity contribution in [3.05, 3.63) is 51.0 Å². The fourth-order valence-electron chi connectivity index (χ4n) is 2.11.